The summed E-state index contributed by atoms with van der Waals surface area (Å²) in [6.07, 6.45) is 10.0. The lowest BCUT2D eigenvalue weighted by atomic mass is 9.97. The fourth-order valence-corrected chi connectivity index (χ4v) is 3.70. The molecular formula is C23H32IN7. The molecule has 0 fully saturated rings. The monoisotopic (exact) mass is 533 g/mol. The van der Waals surface area contributed by atoms with Gasteiger partial charge in [0.25, 0.3) is 0 Å². The molecule has 1 heterocycles. The molecule has 0 aliphatic heterocycles. The molecule has 31 heavy (non-hydrogen) atoms. The predicted octanol–water partition coefficient (Wildman–Crippen LogP) is 3.93. The van der Waals surface area contributed by atoms with Gasteiger partial charge >= 0.3 is 0 Å². The summed E-state index contributed by atoms with van der Waals surface area (Å²) in [4.78, 5) is 4.29. The molecule has 4 N–H and O–H groups in total. The number of nitrogens with two attached hydrogens (primary N) is 1. The SMILES string of the molecule is CN=C(NCCCc1nn(-c2ccccc2)c(N)c1C#N)NCCC1=CCCCC1.I. The van der Waals surface area contributed by atoms with Crippen molar-refractivity contribution in [3.8, 4) is 11.8 Å². The lowest BCUT2D eigenvalue weighted by Gasteiger charge is -2.15. The maximum Gasteiger partial charge on any atom is 0.190 e. The molecular weight excluding hydrogens is 501 g/mol. The molecule has 0 amide bonds. The van der Waals surface area contributed by atoms with Crippen LogP contribution in [0, 0.1) is 11.3 Å². The average molecular weight is 533 g/mol. The number of nitrogens with zero attached hydrogens (tertiary/aromatic N) is 4. The first kappa shape index (κ1) is 24.7. The third-order valence-corrected chi connectivity index (χ3v) is 5.34. The third kappa shape index (κ3) is 6.99. The van der Waals surface area contributed by atoms with E-state index in [0.29, 0.717) is 17.8 Å². The van der Waals surface area contributed by atoms with Gasteiger partial charge in [-0.2, -0.15) is 10.4 Å². The number of anilines is 1. The zero-order valence-electron chi connectivity index (χ0n) is 18.1. The first-order chi connectivity index (χ1) is 14.7. The van der Waals surface area contributed by atoms with E-state index in [4.69, 9.17) is 5.73 Å². The van der Waals surface area contributed by atoms with E-state index in [-0.39, 0.29) is 24.0 Å². The molecule has 7 nitrogen and oxygen atoms in total. The summed E-state index contributed by atoms with van der Waals surface area (Å²) < 4.78 is 1.64. The fraction of sp³-hybridized carbons (Fsp3) is 0.435. The molecule has 166 valence electrons. The van der Waals surface area contributed by atoms with Crippen molar-refractivity contribution in [2.45, 2.75) is 44.9 Å². The number of benzene rings is 1. The van der Waals surface area contributed by atoms with Crippen LogP contribution < -0.4 is 16.4 Å². The summed E-state index contributed by atoms with van der Waals surface area (Å²) in [7, 11) is 1.78. The maximum atomic E-state index is 9.51. The van der Waals surface area contributed by atoms with Gasteiger partial charge in [-0.05, 0) is 57.1 Å². The number of aliphatic imine (C=N–C) groups is 1. The van der Waals surface area contributed by atoms with Gasteiger partial charge in [-0.1, -0.05) is 29.8 Å². The Labute approximate surface area is 201 Å². The van der Waals surface area contributed by atoms with Crippen LogP contribution in [0.1, 0.15) is 49.8 Å². The second-order valence-corrected chi connectivity index (χ2v) is 7.45. The summed E-state index contributed by atoms with van der Waals surface area (Å²) in [5.74, 6) is 1.20. The van der Waals surface area contributed by atoms with Crippen LogP contribution in [0.25, 0.3) is 5.69 Å². The molecule has 0 unspecified atom stereocenters. The van der Waals surface area contributed by atoms with E-state index in [0.717, 1.165) is 43.3 Å². The average Bonchev–Trinajstić information content (AvgIpc) is 3.11. The van der Waals surface area contributed by atoms with Crippen molar-refractivity contribution in [1.29, 1.82) is 5.26 Å². The third-order valence-electron chi connectivity index (χ3n) is 5.34. The largest absolute Gasteiger partial charge is 0.382 e. The molecule has 1 aromatic carbocycles. The number of allylic oxidation sites excluding steroid dienone is 1. The standard InChI is InChI=1S/C23H31N7.HI/c1-26-23(28-16-14-18-9-4-2-5-10-18)27-15-8-13-21-20(17-24)22(25)30(29-21)19-11-6-3-7-12-19;/h3,6-7,9,11-12H,2,4-5,8,10,13-16,25H2,1H3,(H2,26,27,28);1H. The molecule has 0 saturated carbocycles. The number of aromatic nitrogens is 2. The Morgan fingerprint density at radius 1 is 1.19 bits per heavy atom. The predicted molar refractivity (Wildman–Crippen MR) is 137 cm³/mol. The van der Waals surface area contributed by atoms with Crippen LogP contribution in [-0.4, -0.2) is 35.9 Å². The molecule has 0 saturated heterocycles. The number of guanidine groups is 1. The van der Waals surface area contributed by atoms with Gasteiger partial charge in [-0.25, -0.2) is 4.68 Å². The van der Waals surface area contributed by atoms with Gasteiger partial charge in [0.05, 0.1) is 11.4 Å². The van der Waals surface area contributed by atoms with Crippen molar-refractivity contribution in [3.63, 3.8) is 0 Å². The second-order valence-electron chi connectivity index (χ2n) is 7.45. The zero-order valence-corrected chi connectivity index (χ0v) is 20.4. The second kappa shape index (κ2) is 13.0. The number of hydrogen-bond acceptors (Lipinski definition) is 4. The number of nitrogen functional groups attached to an aromatic ring is 1. The van der Waals surface area contributed by atoms with Gasteiger partial charge in [-0.15, -0.1) is 24.0 Å². The topological polar surface area (TPSA) is 104 Å². The number of rotatable bonds is 8. The maximum absolute atomic E-state index is 9.51. The highest BCUT2D eigenvalue weighted by Crippen LogP contribution is 2.21. The van der Waals surface area contributed by atoms with E-state index < -0.39 is 0 Å². The number of nitriles is 1. The Morgan fingerprint density at radius 3 is 2.65 bits per heavy atom. The van der Waals surface area contributed by atoms with Gasteiger partial charge in [0, 0.05) is 20.1 Å². The summed E-state index contributed by atoms with van der Waals surface area (Å²) in [5.41, 5.74) is 9.77. The number of hydrogen-bond donors (Lipinski definition) is 3. The molecule has 0 spiro atoms. The van der Waals surface area contributed by atoms with Gasteiger partial charge in [0.15, 0.2) is 5.96 Å². The highest BCUT2D eigenvalue weighted by Gasteiger charge is 2.16. The summed E-state index contributed by atoms with van der Waals surface area (Å²) in [6, 6.07) is 11.8. The Kier molecular flexibility index (Phi) is 10.4. The molecule has 3 rings (SSSR count). The molecule has 8 heteroatoms. The quantitative estimate of drug-likeness (QED) is 0.157. The Balaban J connectivity index is 0.00000341. The zero-order chi connectivity index (χ0) is 21.2. The van der Waals surface area contributed by atoms with Crippen molar-refractivity contribution < 1.29 is 0 Å². The first-order valence-corrected chi connectivity index (χ1v) is 10.7. The normalized spacial score (nSPS) is 13.7. The van der Waals surface area contributed by atoms with Crippen molar-refractivity contribution >= 4 is 35.8 Å². The summed E-state index contributed by atoms with van der Waals surface area (Å²) in [6.45, 7) is 1.63. The minimum absolute atomic E-state index is 0. The van der Waals surface area contributed by atoms with Crippen LogP contribution >= 0.6 is 24.0 Å². The Morgan fingerprint density at radius 2 is 1.97 bits per heavy atom. The lowest BCUT2D eigenvalue weighted by Crippen LogP contribution is -2.38. The lowest BCUT2D eigenvalue weighted by molar-refractivity contribution is 0.663. The van der Waals surface area contributed by atoms with Crippen LogP contribution in [0.3, 0.4) is 0 Å². The van der Waals surface area contributed by atoms with Crippen molar-refractivity contribution in [2.24, 2.45) is 4.99 Å². The van der Waals surface area contributed by atoms with Crippen LogP contribution in [0.4, 0.5) is 5.82 Å². The highest BCUT2D eigenvalue weighted by molar-refractivity contribution is 14.0. The molecule has 1 aromatic heterocycles. The van der Waals surface area contributed by atoms with Gasteiger partial charge < -0.3 is 16.4 Å². The minimum Gasteiger partial charge on any atom is -0.382 e. The smallest absolute Gasteiger partial charge is 0.190 e. The van der Waals surface area contributed by atoms with Gasteiger partial charge in [0.1, 0.15) is 17.5 Å². The van der Waals surface area contributed by atoms with E-state index in [1.54, 1.807) is 17.3 Å². The number of halogens is 1. The van der Waals surface area contributed by atoms with Crippen molar-refractivity contribution in [2.75, 3.05) is 25.9 Å². The Bertz CT molecular complexity index is 925. The number of aryl methyl sites for hydroxylation is 1. The van der Waals surface area contributed by atoms with Crippen LogP contribution in [0.5, 0.6) is 0 Å². The molecule has 2 aromatic rings. The summed E-state index contributed by atoms with van der Waals surface area (Å²) >= 11 is 0. The molecule has 0 atom stereocenters. The number of nitrogens with one attached hydrogen (secondary N) is 2. The first-order valence-electron chi connectivity index (χ1n) is 10.7. The van der Waals surface area contributed by atoms with E-state index in [1.807, 2.05) is 30.3 Å². The molecule has 1 aliphatic rings. The van der Waals surface area contributed by atoms with Crippen LogP contribution in [0.15, 0.2) is 47.0 Å². The van der Waals surface area contributed by atoms with Crippen LogP contribution in [0.2, 0.25) is 0 Å². The number of para-hydroxylation sites is 1. The van der Waals surface area contributed by atoms with E-state index in [2.05, 4.69) is 32.9 Å². The van der Waals surface area contributed by atoms with Gasteiger partial charge in [-0.3, -0.25) is 4.99 Å². The van der Waals surface area contributed by atoms with E-state index >= 15 is 0 Å². The molecule has 1 aliphatic carbocycles. The molecule has 0 radical (unpaired) electrons. The molecule has 0 bridgehead atoms. The van der Waals surface area contributed by atoms with E-state index in [9.17, 15) is 5.26 Å². The van der Waals surface area contributed by atoms with Crippen molar-refractivity contribution in [1.82, 2.24) is 20.4 Å². The summed E-state index contributed by atoms with van der Waals surface area (Å²) in [5, 5.41) is 20.8. The Hall–Kier alpha value is -2.54. The minimum atomic E-state index is 0. The van der Waals surface area contributed by atoms with E-state index in [1.165, 1.54) is 25.7 Å². The highest BCUT2D eigenvalue weighted by atomic mass is 127. The van der Waals surface area contributed by atoms with Crippen LogP contribution in [-0.2, 0) is 6.42 Å². The van der Waals surface area contributed by atoms with Crippen molar-refractivity contribution in [3.05, 3.63) is 53.2 Å². The fourth-order valence-electron chi connectivity index (χ4n) is 3.70. The van der Waals surface area contributed by atoms with Gasteiger partial charge in [0.2, 0.25) is 0 Å².